The van der Waals surface area contributed by atoms with Gasteiger partial charge in [-0.15, -0.1) is 0 Å². The average molecular weight is 314 g/mol. The van der Waals surface area contributed by atoms with Crippen LogP contribution in [0.1, 0.15) is 11.3 Å². The Labute approximate surface area is 134 Å². The van der Waals surface area contributed by atoms with Gasteiger partial charge >= 0.3 is 0 Å². The molecule has 0 unspecified atom stereocenters. The minimum absolute atomic E-state index is 0.610. The fourth-order valence-electron chi connectivity index (χ4n) is 2.34. The van der Waals surface area contributed by atoms with Crippen molar-refractivity contribution in [3.8, 4) is 11.5 Å². The molecular formula is C18H16ClNO2. The number of halogens is 1. The molecule has 0 spiro atoms. The van der Waals surface area contributed by atoms with Crippen LogP contribution in [0.3, 0.4) is 0 Å². The molecule has 0 fully saturated rings. The highest BCUT2D eigenvalue weighted by atomic mass is 35.5. The maximum Gasteiger partial charge on any atom is 0.138 e. The first kappa shape index (κ1) is 14.5. The second-order valence-electron chi connectivity index (χ2n) is 4.87. The lowest BCUT2D eigenvalue weighted by molar-refractivity contribution is 0.415. The quantitative estimate of drug-likeness (QED) is 0.734. The first-order valence-corrected chi connectivity index (χ1v) is 7.26. The molecule has 0 saturated carbocycles. The van der Waals surface area contributed by atoms with Gasteiger partial charge in [0.25, 0.3) is 0 Å². The maximum atomic E-state index is 6.29. The van der Waals surface area contributed by atoms with E-state index < -0.39 is 0 Å². The number of aromatic nitrogens is 1. The number of aromatic amines is 1. The molecule has 22 heavy (non-hydrogen) atoms. The molecular weight excluding hydrogens is 298 g/mol. The lowest BCUT2D eigenvalue weighted by Gasteiger charge is -2.04. The predicted molar refractivity (Wildman–Crippen MR) is 91.8 cm³/mol. The van der Waals surface area contributed by atoms with E-state index in [4.69, 9.17) is 21.1 Å². The van der Waals surface area contributed by atoms with Crippen LogP contribution < -0.4 is 9.47 Å². The van der Waals surface area contributed by atoms with E-state index in [0.29, 0.717) is 10.8 Å². The number of nitrogens with one attached hydrogen (secondary N) is 1. The fourth-order valence-corrected chi connectivity index (χ4v) is 2.61. The van der Waals surface area contributed by atoms with Gasteiger partial charge in [-0.3, -0.25) is 0 Å². The predicted octanol–water partition coefficient (Wildman–Crippen LogP) is 5.01. The van der Waals surface area contributed by atoms with E-state index in [2.05, 4.69) is 11.1 Å². The molecule has 0 bridgehead atoms. The molecule has 3 rings (SSSR count). The van der Waals surface area contributed by atoms with Crippen LogP contribution in [0.5, 0.6) is 11.5 Å². The zero-order chi connectivity index (χ0) is 15.5. The highest BCUT2D eigenvalue weighted by Crippen LogP contribution is 2.29. The largest absolute Gasteiger partial charge is 0.497 e. The van der Waals surface area contributed by atoms with Crippen LogP contribution in [-0.2, 0) is 0 Å². The SMILES string of the molecule is COc1ccc2[nH]c(C=Cc3cccc(OC)c3Cl)cc2c1. The smallest absolute Gasteiger partial charge is 0.138 e. The summed E-state index contributed by atoms with van der Waals surface area (Å²) in [5.74, 6) is 1.52. The van der Waals surface area contributed by atoms with Crippen LogP contribution in [0.15, 0.2) is 42.5 Å². The standard InChI is InChI=1S/C18H16ClNO2/c1-21-15-8-9-16-13(11-15)10-14(20-16)7-6-12-4-3-5-17(22-2)18(12)19/h3-11,20H,1-2H3. The van der Waals surface area contributed by atoms with Crippen LogP contribution in [0.2, 0.25) is 5.02 Å². The van der Waals surface area contributed by atoms with Crippen molar-refractivity contribution in [2.24, 2.45) is 0 Å². The van der Waals surface area contributed by atoms with Crippen molar-refractivity contribution in [3.63, 3.8) is 0 Å². The van der Waals surface area contributed by atoms with E-state index in [1.807, 2.05) is 48.6 Å². The Morgan fingerprint density at radius 1 is 1.00 bits per heavy atom. The van der Waals surface area contributed by atoms with Crippen molar-refractivity contribution < 1.29 is 9.47 Å². The van der Waals surface area contributed by atoms with E-state index in [1.165, 1.54) is 0 Å². The summed E-state index contributed by atoms with van der Waals surface area (Å²) in [6.07, 6.45) is 3.96. The van der Waals surface area contributed by atoms with Crippen molar-refractivity contribution in [2.75, 3.05) is 14.2 Å². The van der Waals surface area contributed by atoms with E-state index >= 15 is 0 Å². The van der Waals surface area contributed by atoms with E-state index in [9.17, 15) is 0 Å². The molecule has 0 aliphatic carbocycles. The number of rotatable bonds is 4. The number of benzene rings is 2. The highest BCUT2D eigenvalue weighted by Gasteiger charge is 2.04. The molecule has 0 atom stereocenters. The zero-order valence-electron chi connectivity index (χ0n) is 12.4. The van der Waals surface area contributed by atoms with Crippen molar-refractivity contribution in [3.05, 3.63) is 58.7 Å². The maximum absolute atomic E-state index is 6.29. The Balaban J connectivity index is 1.92. The summed E-state index contributed by atoms with van der Waals surface area (Å²) in [6.45, 7) is 0. The third kappa shape index (κ3) is 2.81. The molecule has 112 valence electrons. The van der Waals surface area contributed by atoms with Gasteiger partial charge in [0.15, 0.2) is 0 Å². The van der Waals surface area contributed by atoms with Crippen molar-refractivity contribution in [2.45, 2.75) is 0 Å². The highest BCUT2D eigenvalue weighted by molar-refractivity contribution is 6.33. The molecule has 1 N–H and O–H groups in total. The number of methoxy groups -OCH3 is 2. The Bertz CT molecular complexity index is 836. The van der Waals surface area contributed by atoms with Gasteiger partial charge < -0.3 is 14.5 Å². The van der Waals surface area contributed by atoms with Crippen LogP contribution in [0, 0.1) is 0 Å². The van der Waals surface area contributed by atoms with E-state index in [-0.39, 0.29) is 0 Å². The molecule has 3 aromatic rings. The summed E-state index contributed by atoms with van der Waals surface area (Å²) < 4.78 is 10.5. The molecule has 0 amide bonds. The van der Waals surface area contributed by atoms with Gasteiger partial charge in [0.1, 0.15) is 11.5 Å². The summed E-state index contributed by atoms with van der Waals surface area (Å²) >= 11 is 6.29. The Morgan fingerprint density at radius 2 is 1.86 bits per heavy atom. The van der Waals surface area contributed by atoms with Gasteiger partial charge in [0, 0.05) is 16.6 Å². The molecule has 3 nitrogen and oxygen atoms in total. The number of fused-ring (bicyclic) bond motifs is 1. The van der Waals surface area contributed by atoms with E-state index in [1.54, 1.807) is 14.2 Å². The minimum Gasteiger partial charge on any atom is -0.497 e. The number of hydrogen-bond donors (Lipinski definition) is 1. The molecule has 0 aliphatic heterocycles. The molecule has 0 radical (unpaired) electrons. The summed E-state index contributed by atoms with van der Waals surface area (Å²) in [5, 5.41) is 1.72. The molecule has 1 heterocycles. The van der Waals surface area contributed by atoms with Crippen molar-refractivity contribution >= 4 is 34.7 Å². The van der Waals surface area contributed by atoms with Crippen molar-refractivity contribution in [1.82, 2.24) is 4.98 Å². The monoisotopic (exact) mass is 313 g/mol. The van der Waals surface area contributed by atoms with Gasteiger partial charge in [-0.1, -0.05) is 29.8 Å². The van der Waals surface area contributed by atoms with Gasteiger partial charge in [0.2, 0.25) is 0 Å². The molecule has 4 heteroatoms. The summed E-state index contributed by atoms with van der Waals surface area (Å²) in [4.78, 5) is 3.35. The lowest BCUT2D eigenvalue weighted by atomic mass is 10.2. The van der Waals surface area contributed by atoms with Crippen LogP contribution in [0.4, 0.5) is 0 Å². The molecule has 0 saturated heterocycles. The van der Waals surface area contributed by atoms with Gasteiger partial charge in [-0.25, -0.2) is 0 Å². The number of ether oxygens (including phenoxy) is 2. The Hall–Kier alpha value is -2.39. The average Bonchev–Trinajstić information content (AvgIpc) is 2.95. The number of H-pyrrole nitrogens is 1. The first-order valence-electron chi connectivity index (χ1n) is 6.88. The van der Waals surface area contributed by atoms with Crippen LogP contribution in [-0.4, -0.2) is 19.2 Å². The summed E-state index contributed by atoms with van der Waals surface area (Å²) in [7, 11) is 3.28. The zero-order valence-corrected chi connectivity index (χ0v) is 13.1. The summed E-state index contributed by atoms with van der Waals surface area (Å²) in [6, 6.07) is 13.7. The first-order chi connectivity index (χ1) is 10.7. The molecule has 2 aromatic carbocycles. The second-order valence-corrected chi connectivity index (χ2v) is 5.25. The summed E-state index contributed by atoms with van der Waals surface area (Å²) in [5.41, 5.74) is 2.98. The minimum atomic E-state index is 0.610. The Kier molecular flexibility index (Phi) is 4.07. The van der Waals surface area contributed by atoms with Crippen LogP contribution in [0.25, 0.3) is 23.1 Å². The molecule has 0 aliphatic rings. The van der Waals surface area contributed by atoms with E-state index in [0.717, 1.165) is 27.9 Å². The second kappa shape index (κ2) is 6.16. The van der Waals surface area contributed by atoms with Crippen molar-refractivity contribution in [1.29, 1.82) is 0 Å². The molecule has 1 aromatic heterocycles. The van der Waals surface area contributed by atoms with Gasteiger partial charge in [0.05, 0.1) is 19.2 Å². The number of hydrogen-bond acceptors (Lipinski definition) is 2. The fraction of sp³-hybridized carbons (Fsp3) is 0.111. The third-order valence-corrected chi connectivity index (χ3v) is 3.91. The van der Waals surface area contributed by atoms with Crippen LogP contribution >= 0.6 is 11.6 Å². The third-order valence-electron chi connectivity index (χ3n) is 3.50. The lowest BCUT2D eigenvalue weighted by Crippen LogP contribution is -1.85. The topological polar surface area (TPSA) is 34.2 Å². The normalized spacial score (nSPS) is 11.2. The Morgan fingerprint density at radius 3 is 2.64 bits per heavy atom. The van der Waals surface area contributed by atoms with Gasteiger partial charge in [-0.2, -0.15) is 0 Å². The van der Waals surface area contributed by atoms with Gasteiger partial charge in [-0.05, 0) is 42.0 Å².